The molecule has 0 bridgehead atoms. The smallest absolute Gasteiger partial charge is 0.337 e. The Morgan fingerprint density at radius 3 is 3.04 bits per heavy atom. The van der Waals surface area contributed by atoms with Crippen LogP contribution in [0, 0.1) is 6.92 Å². The SMILES string of the molecule is COC(=O)c1ccc(Nc2ncnc3scc(C)c23)c(OC2CCOC2)c1. The maximum atomic E-state index is 11.9. The fraction of sp³-hybridized carbons (Fsp3) is 0.316. The Morgan fingerprint density at radius 1 is 1.37 bits per heavy atom. The fourth-order valence-corrected chi connectivity index (χ4v) is 3.88. The van der Waals surface area contributed by atoms with Gasteiger partial charge < -0.3 is 19.5 Å². The molecular formula is C19H19N3O4S. The molecule has 4 rings (SSSR count). The minimum Gasteiger partial charge on any atom is -0.486 e. The van der Waals surface area contributed by atoms with Crippen molar-refractivity contribution < 1.29 is 19.0 Å². The minimum atomic E-state index is -0.410. The van der Waals surface area contributed by atoms with Gasteiger partial charge in [-0.1, -0.05) is 0 Å². The number of esters is 1. The average molecular weight is 385 g/mol. The van der Waals surface area contributed by atoms with Crippen molar-refractivity contribution in [1.82, 2.24) is 9.97 Å². The lowest BCUT2D eigenvalue weighted by atomic mass is 10.1. The van der Waals surface area contributed by atoms with E-state index in [9.17, 15) is 4.79 Å². The van der Waals surface area contributed by atoms with E-state index in [4.69, 9.17) is 14.2 Å². The summed E-state index contributed by atoms with van der Waals surface area (Å²) in [5.41, 5.74) is 2.26. The predicted molar refractivity (Wildman–Crippen MR) is 103 cm³/mol. The summed E-state index contributed by atoms with van der Waals surface area (Å²) in [6.45, 7) is 3.23. The summed E-state index contributed by atoms with van der Waals surface area (Å²) in [7, 11) is 1.36. The number of rotatable bonds is 5. The van der Waals surface area contributed by atoms with Crippen molar-refractivity contribution in [2.45, 2.75) is 19.4 Å². The van der Waals surface area contributed by atoms with Crippen molar-refractivity contribution in [3.8, 4) is 5.75 Å². The number of aromatic nitrogens is 2. The Bertz CT molecular complexity index is 982. The second-order valence-corrected chi connectivity index (χ2v) is 7.11. The van der Waals surface area contributed by atoms with Crippen molar-refractivity contribution in [2.75, 3.05) is 25.6 Å². The van der Waals surface area contributed by atoms with Gasteiger partial charge in [-0.3, -0.25) is 0 Å². The highest BCUT2D eigenvalue weighted by molar-refractivity contribution is 7.17. The fourth-order valence-electron chi connectivity index (χ4n) is 2.99. The summed E-state index contributed by atoms with van der Waals surface area (Å²) in [5.74, 6) is 0.859. The van der Waals surface area contributed by atoms with Crippen molar-refractivity contribution in [1.29, 1.82) is 0 Å². The van der Waals surface area contributed by atoms with E-state index in [0.717, 1.165) is 27.9 Å². The van der Waals surface area contributed by atoms with E-state index >= 15 is 0 Å². The lowest BCUT2D eigenvalue weighted by molar-refractivity contribution is 0.0600. The van der Waals surface area contributed by atoms with Gasteiger partial charge in [0, 0.05) is 6.42 Å². The van der Waals surface area contributed by atoms with Crippen LogP contribution in [0.4, 0.5) is 11.5 Å². The maximum Gasteiger partial charge on any atom is 0.337 e. The first-order valence-electron chi connectivity index (χ1n) is 8.58. The van der Waals surface area contributed by atoms with Gasteiger partial charge in [-0.25, -0.2) is 14.8 Å². The Hall–Kier alpha value is -2.71. The minimum absolute atomic E-state index is 0.0493. The van der Waals surface area contributed by atoms with Crippen LogP contribution < -0.4 is 10.1 Å². The van der Waals surface area contributed by atoms with Crippen molar-refractivity contribution >= 4 is 39.0 Å². The molecular weight excluding hydrogens is 366 g/mol. The number of aryl methyl sites for hydroxylation is 1. The number of thiophene rings is 1. The number of ether oxygens (including phenoxy) is 3. The van der Waals surface area contributed by atoms with Gasteiger partial charge in [-0.2, -0.15) is 0 Å². The molecule has 140 valence electrons. The molecule has 1 fully saturated rings. The number of anilines is 2. The number of hydrogen-bond donors (Lipinski definition) is 1. The average Bonchev–Trinajstić information content (AvgIpc) is 3.33. The maximum absolute atomic E-state index is 11.9. The molecule has 1 saturated heterocycles. The normalized spacial score (nSPS) is 16.4. The van der Waals surface area contributed by atoms with Gasteiger partial charge >= 0.3 is 5.97 Å². The Labute approximate surface area is 160 Å². The second-order valence-electron chi connectivity index (χ2n) is 6.25. The van der Waals surface area contributed by atoms with Crippen molar-refractivity contribution in [3.63, 3.8) is 0 Å². The molecule has 7 nitrogen and oxygen atoms in total. The first kappa shape index (κ1) is 17.7. The molecule has 1 unspecified atom stereocenters. The van der Waals surface area contributed by atoms with Crippen LogP contribution in [-0.2, 0) is 9.47 Å². The van der Waals surface area contributed by atoms with Crippen LogP contribution in [-0.4, -0.2) is 42.4 Å². The number of nitrogens with one attached hydrogen (secondary N) is 1. The molecule has 2 aromatic heterocycles. The lowest BCUT2D eigenvalue weighted by Crippen LogP contribution is -2.17. The Kier molecular flexibility index (Phi) is 4.91. The summed E-state index contributed by atoms with van der Waals surface area (Å²) in [6, 6.07) is 5.18. The third kappa shape index (κ3) is 3.58. The van der Waals surface area contributed by atoms with E-state index < -0.39 is 5.97 Å². The summed E-state index contributed by atoms with van der Waals surface area (Å²) in [6.07, 6.45) is 2.30. The molecule has 0 aliphatic carbocycles. The monoisotopic (exact) mass is 385 g/mol. The van der Waals surface area contributed by atoms with Crippen LogP contribution in [0.2, 0.25) is 0 Å². The first-order chi connectivity index (χ1) is 13.2. The summed E-state index contributed by atoms with van der Waals surface area (Å²) in [4.78, 5) is 21.5. The third-order valence-corrected chi connectivity index (χ3v) is 5.40. The number of nitrogens with zero attached hydrogens (tertiary/aromatic N) is 2. The molecule has 27 heavy (non-hydrogen) atoms. The molecule has 8 heteroatoms. The molecule has 0 radical (unpaired) electrons. The highest BCUT2D eigenvalue weighted by atomic mass is 32.1. The summed E-state index contributed by atoms with van der Waals surface area (Å²) >= 11 is 1.58. The molecule has 1 N–H and O–H groups in total. The van der Waals surface area contributed by atoms with Crippen LogP contribution in [0.3, 0.4) is 0 Å². The molecule has 3 heterocycles. The zero-order valence-corrected chi connectivity index (χ0v) is 15.8. The van der Waals surface area contributed by atoms with Gasteiger partial charge in [0.05, 0.1) is 37.0 Å². The zero-order chi connectivity index (χ0) is 18.8. The number of benzene rings is 1. The van der Waals surface area contributed by atoms with Gasteiger partial charge in [-0.15, -0.1) is 11.3 Å². The summed E-state index contributed by atoms with van der Waals surface area (Å²) < 4.78 is 16.3. The number of carbonyl (C=O) groups is 1. The summed E-state index contributed by atoms with van der Waals surface area (Å²) in [5, 5.41) is 6.37. The van der Waals surface area contributed by atoms with Gasteiger partial charge in [-0.05, 0) is 36.1 Å². The molecule has 0 saturated carbocycles. The standard InChI is InChI=1S/C19H19N3O4S/c1-11-9-27-18-16(11)17(20-10-21-18)22-14-4-3-12(19(23)24-2)7-15(14)26-13-5-6-25-8-13/h3-4,7,9-10,13H,5-6,8H2,1-2H3,(H,20,21,22). The zero-order valence-electron chi connectivity index (χ0n) is 15.0. The molecule has 1 aliphatic heterocycles. The number of hydrogen-bond acceptors (Lipinski definition) is 8. The topological polar surface area (TPSA) is 82.6 Å². The Balaban J connectivity index is 1.71. The van der Waals surface area contributed by atoms with Crippen LogP contribution in [0.5, 0.6) is 5.75 Å². The molecule has 0 amide bonds. The van der Waals surface area contributed by atoms with Gasteiger partial charge in [0.25, 0.3) is 0 Å². The van der Waals surface area contributed by atoms with Crippen molar-refractivity contribution in [2.24, 2.45) is 0 Å². The lowest BCUT2D eigenvalue weighted by Gasteiger charge is -2.17. The predicted octanol–water partition coefficient (Wildman–Crippen LogP) is 3.70. The van der Waals surface area contributed by atoms with E-state index in [1.165, 1.54) is 13.4 Å². The second kappa shape index (κ2) is 7.50. The van der Waals surface area contributed by atoms with Gasteiger partial charge in [0.2, 0.25) is 0 Å². The van der Waals surface area contributed by atoms with Crippen LogP contribution in [0.25, 0.3) is 10.2 Å². The van der Waals surface area contributed by atoms with Crippen LogP contribution >= 0.6 is 11.3 Å². The number of carbonyl (C=O) groups excluding carboxylic acids is 1. The van der Waals surface area contributed by atoms with Crippen molar-refractivity contribution in [3.05, 3.63) is 41.0 Å². The molecule has 0 spiro atoms. The van der Waals surface area contributed by atoms with Crippen LogP contribution in [0.1, 0.15) is 22.3 Å². The van der Waals surface area contributed by atoms with E-state index in [1.54, 1.807) is 29.5 Å². The van der Waals surface area contributed by atoms with Gasteiger partial charge in [0.15, 0.2) is 0 Å². The largest absolute Gasteiger partial charge is 0.486 e. The molecule has 1 atom stereocenters. The van der Waals surface area contributed by atoms with E-state index in [0.29, 0.717) is 30.3 Å². The molecule has 3 aromatic rings. The quantitative estimate of drug-likeness (QED) is 0.671. The Morgan fingerprint density at radius 2 is 2.26 bits per heavy atom. The van der Waals surface area contributed by atoms with Gasteiger partial charge in [0.1, 0.15) is 28.8 Å². The van der Waals surface area contributed by atoms with E-state index in [-0.39, 0.29) is 6.10 Å². The number of methoxy groups -OCH3 is 1. The molecule has 1 aromatic carbocycles. The highest BCUT2D eigenvalue weighted by Gasteiger charge is 2.21. The first-order valence-corrected chi connectivity index (χ1v) is 9.46. The van der Waals surface area contributed by atoms with E-state index in [2.05, 4.69) is 20.7 Å². The number of fused-ring (bicyclic) bond motifs is 1. The van der Waals surface area contributed by atoms with Crippen LogP contribution in [0.15, 0.2) is 29.9 Å². The third-order valence-electron chi connectivity index (χ3n) is 4.39. The molecule has 1 aliphatic rings. The highest BCUT2D eigenvalue weighted by Crippen LogP contribution is 2.35. The van der Waals surface area contributed by atoms with E-state index in [1.807, 2.05) is 6.92 Å².